The lowest BCUT2D eigenvalue weighted by Crippen LogP contribution is -2.58. The normalized spacial score (nSPS) is 28.7. The van der Waals surface area contributed by atoms with Crippen LogP contribution in [0.15, 0.2) is 0 Å². The van der Waals surface area contributed by atoms with E-state index >= 15 is 0 Å². The summed E-state index contributed by atoms with van der Waals surface area (Å²) in [5.41, 5.74) is 0. The van der Waals surface area contributed by atoms with Crippen LogP contribution < -0.4 is 5.32 Å². The Balaban J connectivity index is 1.48. The number of carbonyl (C=O) groups is 2. The van der Waals surface area contributed by atoms with E-state index in [9.17, 15) is 9.59 Å². The van der Waals surface area contributed by atoms with Crippen LogP contribution in [-0.4, -0.2) is 60.4 Å². The predicted octanol–water partition coefficient (Wildman–Crippen LogP) is 2.65. The molecule has 0 radical (unpaired) electrons. The van der Waals surface area contributed by atoms with Crippen LogP contribution in [0.25, 0.3) is 0 Å². The molecule has 0 aromatic heterocycles. The summed E-state index contributed by atoms with van der Waals surface area (Å²) in [4.78, 5) is 29.2. The molecule has 3 saturated heterocycles. The molecular formula is C21H37N3O2. The minimum absolute atomic E-state index is 0.193. The first kappa shape index (κ1) is 19.7. The van der Waals surface area contributed by atoms with Gasteiger partial charge in [-0.2, -0.15) is 0 Å². The predicted molar refractivity (Wildman–Crippen MR) is 104 cm³/mol. The van der Waals surface area contributed by atoms with Crippen molar-refractivity contribution in [1.82, 2.24) is 15.1 Å². The van der Waals surface area contributed by atoms with Gasteiger partial charge in [-0.1, -0.05) is 13.8 Å². The molecule has 148 valence electrons. The lowest BCUT2D eigenvalue weighted by molar-refractivity contribution is -0.139. The van der Waals surface area contributed by atoms with E-state index < -0.39 is 0 Å². The smallest absolute Gasteiger partial charge is 0.225 e. The van der Waals surface area contributed by atoms with Crippen molar-refractivity contribution in [3.8, 4) is 0 Å². The summed E-state index contributed by atoms with van der Waals surface area (Å²) in [6.45, 7) is 9.02. The Morgan fingerprint density at radius 1 is 1.08 bits per heavy atom. The van der Waals surface area contributed by atoms with Crippen LogP contribution in [0.1, 0.15) is 65.2 Å². The zero-order valence-electron chi connectivity index (χ0n) is 16.7. The molecule has 5 nitrogen and oxygen atoms in total. The van der Waals surface area contributed by atoms with Gasteiger partial charge in [-0.15, -0.1) is 0 Å². The first-order valence-corrected chi connectivity index (χ1v) is 10.9. The molecule has 1 N–H and O–H groups in total. The van der Waals surface area contributed by atoms with E-state index in [4.69, 9.17) is 0 Å². The van der Waals surface area contributed by atoms with E-state index in [0.29, 0.717) is 36.1 Å². The highest BCUT2D eigenvalue weighted by atomic mass is 16.2. The van der Waals surface area contributed by atoms with Gasteiger partial charge in [-0.25, -0.2) is 0 Å². The molecule has 2 bridgehead atoms. The summed E-state index contributed by atoms with van der Waals surface area (Å²) in [6.07, 6.45) is 8.18. The quantitative estimate of drug-likeness (QED) is 0.756. The third kappa shape index (κ3) is 4.59. The molecular weight excluding hydrogens is 326 g/mol. The Bertz CT molecular complexity index is 486. The van der Waals surface area contributed by atoms with E-state index in [1.165, 1.54) is 19.3 Å². The summed E-state index contributed by atoms with van der Waals surface area (Å²) < 4.78 is 0. The third-order valence-corrected chi connectivity index (χ3v) is 6.82. The van der Waals surface area contributed by atoms with Crippen LogP contribution in [0.3, 0.4) is 0 Å². The van der Waals surface area contributed by atoms with Crippen molar-refractivity contribution in [1.29, 1.82) is 0 Å². The van der Waals surface area contributed by atoms with Crippen molar-refractivity contribution in [2.24, 2.45) is 17.8 Å². The number of piperidine rings is 2. The topological polar surface area (TPSA) is 52.7 Å². The number of hydrogen-bond acceptors (Lipinski definition) is 3. The van der Waals surface area contributed by atoms with E-state index in [1.807, 2.05) is 4.90 Å². The number of nitrogens with zero attached hydrogens (tertiary/aromatic N) is 2. The molecule has 3 heterocycles. The number of nitrogens with one attached hydrogen (secondary N) is 1. The molecule has 3 atom stereocenters. The van der Waals surface area contributed by atoms with Crippen LogP contribution in [0.5, 0.6) is 0 Å². The van der Waals surface area contributed by atoms with E-state index in [1.54, 1.807) is 0 Å². The number of rotatable bonds is 7. The van der Waals surface area contributed by atoms with Gasteiger partial charge in [0.1, 0.15) is 0 Å². The Morgan fingerprint density at radius 2 is 1.81 bits per heavy atom. The fourth-order valence-electron chi connectivity index (χ4n) is 5.18. The number of fused-ring (bicyclic) bond motifs is 2. The van der Waals surface area contributed by atoms with Crippen LogP contribution in [0.2, 0.25) is 0 Å². The average Bonchev–Trinajstić information content (AvgIpc) is 3.19. The Hall–Kier alpha value is -1.10. The molecule has 0 aromatic rings. The van der Waals surface area contributed by atoms with Gasteiger partial charge >= 0.3 is 0 Å². The van der Waals surface area contributed by atoms with Crippen LogP contribution in [0.4, 0.5) is 0 Å². The van der Waals surface area contributed by atoms with Gasteiger partial charge in [0.25, 0.3) is 0 Å². The summed E-state index contributed by atoms with van der Waals surface area (Å²) in [7, 11) is 0. The molecule has 26 heavy (non-hydrogen) atoms. The van der Waals surface area contributed by atoms with E-state index in [-0.39, 0.29) is 5.92 Å². The van der Waals surface area contributed by atoms with Gasteiger partial charge < -0.3 is 15.1 Å². The van der Waals surface area contributed by atoms with Crippen molar-refractivity contribution in [2.75, 3.05) is 32.7 Å². The minimum Gasteiger partial charge on any atom is -0.343 e. The zero-order chi connectivity index (χ0) is 18.5. The fourth-order valence-corrected chi connectivity index (χ4v) is 5.18. The Kier molecular flexibility index (Phi) is 6.96. The van der Waals surface area contributed by atoms with Crippen molar-refractivity contribution < 1.29 is 9.59 Å². The molecule has 0 aromatic carbocycles. The molecule has 5 heteroatoms. The maximum absolute atomic E-state index is 12.8. The van der Waals surface area contributed by atoms with Gasteiger partial charge in [0.2, 0.25) is 11.8 Å². The SMILES string of the molecule is CCC(CC)C(=O)N1C[C@@H]2CN[C@H](CCCC(=O)N3CCCC3)[C@H](C2)C1. The zero-order valence-corrected chi connectivity index (χ0v) is 16.7. The lowest BCUT2D eigenvalue weighted by Gasteiger charge is -2.46. The second kappa shape index (κ2) is 9.20. The van der Waals surface area contributed by atoms with Crippen molar-refractivity contribution in [3.05, 3.63) is 0 Å². The van der Waals surface area contributed by atoms with Crippen LogP contribution in [0, 0.1) is 17.8 Å². The van der Waals surface area contributed by atoms with Gasteiger partial charge in [0, 0.05) is 44.6 Å². The van der Waals surface area contributed by atoms with E-state index in [0.717, 1.165) is 58.4 Å². The molecule has 0 saturated carbocycles. The lowest BCUT2D eigenvalue weighted by atomic mass is 9.78. The van der Waals surface area contributed by atoms with Gasteiger partial charge in [-0.05, 0) is 63.3 Å². The number of amides is 2. The van der Waals surface area contributed by atoms with Crippen LogP contribution >= 0.6 is 0 Å². The second-order valence-corrected chi connectivity index (χ2v) is 8.61. The van der Waals surface area contributed by atoms with Gasteiger partial charge in [0.05, 0.1) is 0 Å². The van der Waals surface area contributed by atoms with Crippen molar-refractivity contribution in [2.45, 2.75) is 71.3 Å². The molecule has 3 aliphatic heterocycles. The monoisotopic (exact) mass is 363 g/mol. The summed E-state index contributed by atoms with van der Waals surface area (Å²) in [5.74, 6) is 2.07. The molecule has 3 rings (SSSR count). The maximum Gasteiger partial charge on any atom is 0.225 e. The maximum atomic E-state index is 12.8. The molecule has 2 amide bonds. The number of likely N-dealkylation sites (tertiary alicyclic amines) is 2. The Labute approximate surface area is 158 Å². The summed E-state index contributed by atoms with van der Waals surface area (Å²) in [6, 6.07) is 0.468. The molecule has 0 spiro atoms. The first-order valence-electron chi connectivity index (χ1n) is 10.9. The second-order valence-electron chi connectivity index (χ2n) is 8.61. The van der Waals surface area contributed by atoms with E-state index in [2.05, 4.69) is 24.1 Å². The number of carbonyl (C=O) groups excluding carboxylic acids is 2. The highest BCUT2D eigenvalue weighted by Crippen LogP contribution is 2.31. The molecule has 3 aliphatic rings. The largest absolute Gasteiger partial charge is 0.343 e. The van der Waals surface area contributed by atoms with Crippen molar-refractivity contribution >= 4 is 11.8 Å². The molecule has 0 aliphatic carbocycles. The Morgan fingerprint density at radius 3 is 2.50 bits per heavy atom. The minimum atomic E-state index is 0.193. The van der Waals surface area contributed by atoms with Gasteiger partial charge in [0.15, 0.2) is 0 Å². The van der Waals surface area contributed by atoms with Gasteiger partial charge in [-0.3, -0.25) is 9.59 Å². The standard InChI is InChI=1S/C21H37N3O2/c1-3-17(4-2)21(26)24-14-16-12-18(15-24)19(22-13-16)8-7-9-20(25)23-10-5-6-11-23/h16-19,22H,3-15H2,1-2H3/t16-,18+,19+/m0/s1. The highest BCUT2D eigenvalue weighted by molar-refractivity contribution is 5.79. The fraction of sp³-hybridized carbons (Fsp3) is 0.905. The third-order valence-electron chi connectivity index (χ3n) is 6.82. The number of hydrogen-bond donors (Lipinski definition) is 1. The van der Waals surface area contributed by atoms with Crippen LogP contribution in [-0.2, 0) is 9.59 Å². The highest BCUT2D eigenvalue weighted by Gasteiger charge is 2.38. The summed E-state index contributed by atoms with van der Waals surface area (Å²) in [5, 5.41) is 3.72. The average molecular weight is 364 g/mol. The molecule has 3 fully saturated rings. The first-order chi connectivity index (χ1) is 12.6. The van der Waals surface area contributed by atoms with Crippen molar-refractivity contribution in [3.63, 3.8) is 0 Å². The molecule has 0 unspecified atom stereocenters. The summed E-state index contributed by atoms with van der Waals surface area (Å²) >= 11 is 0.